The van der Waals surface area contributed by atoms with E-state index in [9.17, 15) is 28.8 Å². The van der Waals surface area contributed by atoms with Crippen molar-refractivity contribution < 1.29 is 33.4 Å². The molecule has 17 heteroatoms. The Hall–Kier alpha value is -6.03. The first-order valence-electron chi connectivity index (χ1n) is 17.1. The number of halogens is 1. The number of hydrogen-bond donors (Lipinski definition) is 3. The van der Waals surface area contributed by atoms with E-state index in [1.165, 1.54) is 36.2 Å². The van der Waals surface area contributed by atoms with Gasteiger partial charge in [0.15, 0.2) is 18.2 Å². The van der Waals surface area contributed by atoms with E-state index in [-0.39, 0.29) is 55.2 Å². The van der Waals surface area contributed by atoms with E-state index < -0.39 is 41.1 Å². The van der Waals surface area contributed by atoms with Gasteiger partial charge in [0.05, 0.1) is 29.4 Å². The van der Waals surface area contributed by atoms with Gasteiger partial charge in [0.25, 0.3) is 23.3 Å². The summed E-state index contributed by atoms with van der Waals surface area (Å²) in [6.07, 6.45) is 4.92. The number of amides is 5. The number of aromatic nitrogens is 3. The Kier molecular flexibility index (Phi) is 9.95. The number of carbonyl (C=O) groups excluding carboxylic acids is 5. The number of nitrogens with zero attached hydrogens (tertiary/aromatic N) is 5. The maximum atomic E-state index is 13.7. The van der Waals surface area contributed by atoms with Crippen LogP contribution in [0.3, 0.4) is 0 Å². The lowest BCUT2D eigenvalue weighted by Gasteiger charge is -2.27. The van der Waals surface area contributed by atoms with Crippen LogP contribution in [0.15, 0.2) is 53.5 Å². The molecule has 1 unspecified atom stereocenters. The Morgan fingerprint density at radius 2 is 1.77 bits per heavy atom. The molecule has 0 spiro atoms. The number of nitrogens with one attached hydrogen (secondary N) is 3. The zero-order chi connectivity index (χ0) is 37.2. The summed E-state index contributed by atoms with van der Waals surface area (Å²) in [4.78, 5) is 88.1. The molecule has 53 heavy (non-hydrogen) atoms. The van der Waals surface area contributed by atoms with Crippen molar-refractivity contribution in [2.24, 2.45) is 0 Å². The molecule has 5 heterocycles. The molecular weight excluding hydrogens is 708 g/mol. The van der Waals surface area contributed by atoms with Crippen LogP contribution in [0.1, 0.15) is 52.8 Å². The first-order chi connectivity index (χ1) is 25.6. The molecule has 0 aliphatic carbocycles. The minimum Gasteiger partial charge on any atom is -0.492 e. The van der Waals surface area contributed by atoms with Gasteiger partial charge in [-0.1, -0.05) is 11.6 Å². The summed E-state index contributed by atoms with van der Waals surface area (Å²) in [6, 6.07) is 10.2. The number of ether oxygens (including phenoxy) is 2. The largest absolute Gasteiger partial charge is 0.492 e. The zero-order valence-corrected chi connectivity index (χ0v) is 29.4. The van der Waals surface area contributed by atoms with Crippen LogP contribution in [0.2, 0.25) is 5.02 Å². The van der Waals surface area contributed by atoms with Gasteiger partial charge in [0.1, 0.15) is 23.4 Å². The number of hydrogen-bond acceptors (Lipinski definition) is 12. The van der Waals surface area contributed by atoms with Crippen LogP contribution < -0.4 is 35.9 Å². The number of piperidine rings is 2. The molecule has 2 saturated heterocycles. The number of rotatable bonds is 11. The molecule has 16 nitrogen and oxygen atoms in total. The monoisotopic (exact) mass is 742 g/mol. The zero-order valence-electron chi connectivity index (χ0n) is 28.6. The van der Waals surface area contributed by atoms with E-state index in [0.717, 1.165) is 30.8 Å². The van der Waals surface area contributed by atoms with Gasteiger partial charge in [0, 0.05) is 37.6 Å². The van der Waals surface area contributed by atoms with Crippen LogP contribution in [-0.4, -0.2) is 88.4 Å². The second kappa shape index (κ2) is 14.9. The summed E-state index contributed by atoms with van der Waals surface area (Å²) < 4.78 is 13.0. The van der Waals surface area contributed by atoms with Gasteiger partial charge in [-0.25, -0.2) is 4.98 Å². The summed E-state index contributed by atoms with van der Waals surface area (Å²) in [7, 11) is 1.46. The molecule has 1 atom stereocenters. The second-order valence-electron chi connectivity index (χ2n) is 12.7. The van der Waals surface area contributed by atoms with Crippen LogP contribution in [-0.2, 0) is 20.9 Å². The Morgan fingerprint density at radius 3 is 2.55 bits per heavy atom. The van der Waals surface area contributed by atoms with Gasteiger partial charge in [-0.15, -0.1) is 0 Å². The third-order valence-electron chi connectivity index (χ3n) is 9.33. The maximum absolute atomic E-state index is 13.7. The van der Waals surface area contributed by atoms with E-state index in [4.69, 9.17) is 21.1 Å². The van der Waals surface area contributed by atoms with Gasteiger partial charge in [-0.2, -0.15) is 4.98 Å². The predicted molar refractivity (Wildman–Crippen MR) is 193 cm³/mol. The number of anilines is 3. The lowest BCUT2D eigenvalue weighted by molar-refractivity contribution is -0.136. The molecule has 5 amide bonds. The summed E-state index contributed by atoms with van der Waals surface area (Å²) in [6.45, 7) is 1.37. The van der Waals surface area contributed by atoms with Crippen molar-refractivity contribution in [2.45, 2.75) is 44.7 Å². The average molecular weight is 743 g/mol. The molecule has 274 valence electrons. The summed E-state index contributed by atoms with van der Waals surface area (Å²) >= 11 is 6.48. The topological polar surface area (TPSA) is 194 Å². The average Bonchev–Trinajstić information content (AvgIpc) is 3.40. The molecule has 3 aliphatic rings. The fourth-order valence-electron chi connectivity index (χ4n) is 6.60. The molecule has 0 bridgehead atoms. The molecule has 0 radical (unpaired) electrons. The molecule has 2 aromatic heterocycles. The fraction of sp³-hybridized carbons (Fsp3) is 0.333. The van der Waals surface area contributed by atoms with E-state index in [0.29, 0.717) is 33.4 Å². The van der Waals surface area contributed by atoms with Crippen molar-refractivity contribution >= 4 is 69.5 Å². The first-order valence-corrected chi connectivity index (χ1v) is 17.5. The first kappa shape index (κ1) is 35.4. The van der Waals surface area contributed by atoms with Gasteiger partial charge in [0.2, 0.25) is 17.8 Å². The molecule has 3 aliphatic heterocycles. The molecule has 4 aromatic rings. The highest BCUT2D eigenvalue weighted by molar-refractivity contribution is 6.33. The highest BCUT2D eigenvalue weighted by Crippen LogP contribution is 2.31. The van der Waals surface area contributed by atoms with Crippen molar-refractivity contribution in [2.75, 3.05) is 43.6 Å². The number of benzene rings is 2. The summed E-state index contributed by atoms with van der Waals surface area (Å²) in [5.74, 6) is -1.65. The van der Waals surface area contributed by atoms with Crippen molar-refractivity contribution in [3.8, 4) is 11.5 Å². The van der Waals surface area contributed by atoms with Crippen LogP contribution >= 0.6 is 11.6 Å². The number of likely N-dealkylation sites (N-methyl/N-ethyl adjacent to an activating group) is 1. The van der Waals surface area contributed by atoms with Crippen LogP contribution in [0.5, 0.6) is 11.5 Å². The molecule has 3 N–H and O–H groups in total. The van der Waals surface area contributed by atoms with Gasteiger partial charge < -0.3 is 29.6 Å². The van der Waals surface area contributed by atoms with E-state index in [2.05, 4.69) is 30.8 Å². The number of carbonyl (C=O) groups is 5. The standard InChI is InChI=1S/C36H35ClN8O8/c1-38-30(47)19-53-28-16-20-15-21(40-31-25(37)18-39-36(42-31)43-11-3-2-4-12-43)5-8-26(20)44(35(28)51)13-14-52-22-6-7-23-24(17-22)34(50)45(33(23)49)27-9-10-29(46)41-32(27)48/h5-8,15-18,27H,2-4,9-14,19H2,1H3,(H,38,47)(H,39,40,42)(H,41,46,48). The lowest BCUT2D eigenvalue weighted by Crippen LogP contribution is -2.54. The third-order valence-corrected chi connectivity index (χ3v) is 9.60. The molecule has 7 rings (SSSR count). The number of pyridine rings is 1. The quantitative estimate of drug-likeness (QED) is 0.191. The SMILES string of the molecule is CNC(=O)COc1cc2cc(Nc3nc(N4CCCCC4)ncc3Cl)ccc2n(CCOc2ccc3c(c2)C(=O)N(C2CCC(=O)NC2=O)C3=O)c1=O. The van der Waals surface area contributed by atoms with E-state index >= 15 is 0 Å². The molecular formula is C36H35ClN8O8. The Labute approximate surface area is 307 Å². The Morgan fingerprint density at radius 1 is 0.981 bits per heavy atom. The highest BCUT2D eigenvalue weighted by atomic mass is 35.5. The molecule has 2 aromatic carbocycles. The van der Waals surface area contributed by atoms with Gasteiger partial charge in [-0.3, -0.25) is 39.0 Å². The minimum absolute atomic E-state index is 0.0120. The summed E-state index contributed by atoms with van der Waals surface area (Å²) in [5.41, 5.74) is 0.867. The smallest absolute Gasteiger partial charge is 0.293 e. The minimum atomic E-state index is -1.09. The van der Waals surface area contributed by atoms with Crippen molar-refractivity contribution in [1.82, 2.24) is 30.1 Å². The number of imide groups is 2. The van der Waals surface area contributed by atoms with Gasteiger partial charge in [-0.05, 0) is 68.1 Å². The van der Waals surface area contributed by atoms with Crippen molar-refractivity contribution in [3.63, 3.8) is 0 Å². The van der Waals surface area contributed by atoms with Crippen molar-refractivity contribution in [1.29, 1.82) is 0 Å². The number of fused-ring (bicyclic) bond motifs is 2. The maximum Gasteiger partial charge on any atom is 0.293 e. The lowest BCUT2D eigenvalue weighted by atomic mass is 10.0. The van der Waals surface area contributed by atoms with Crippen LogP contribution in [0.4, 0.5) is 17.5 Å². The molecule has 0 saturated carbocycles. The normalized spacial score (nSPS) is 17.1. The Bertz CT molecular complexity index is 2220. The third kappa shape index (κ3) is 7.22. The van der Waals surface area contributed by atoms with Crippen LogP contribution in [0.25, 0.3) is 10.9 Å². The Balaban J connectivity index is 1.11. The fourth-order valence-corrected chi connectivity index (χ4v) is 6.74. The predicted octanol–water partition coefficient (Wildman–Crippen LogP) is 2.78. The van der Waals surface area contributed by atoms with E-state index in [1.807, 2.05) is 0 Å². The van der Waals surface area contributed by atoms with Gasteiger partial charge >= 0.3 is 0 Å². The van der Waals surface area contributed by atoms with E-state index in [1.54, 1.807) is 30.5 Å². The van der Waals surface area contributed by atoms with Crippen molar-refractivity contribution in [3.05, 3.63) is 75.2 Å². The second-order valence-corrected chi connectivity index (χ2v) is 13.2. The highest BCUT2D eigenvalue weighted by Gasteiger charge is 2.44. The van der Waals surface area contributed by atoms with Crippen LogP contribution in [0, 0.1) is 0 Å². The molecule has 2 fully saturated rings. The summed E-state index contributed by atoms with van der Waals surface area (Å²) in [5, 5.41) is 8.84.